The second-order valence-electron chi connectivity index (χ2n) is 5.33. The third-order valence-electron chi connectivity index (χ3n) is 3.41. The third-order valence-corrected chi connectivity index (χ3v) is 4.73. The molecule has 0 fully saturated rings. The number of anilines is 1. The molecule has 0 aliphatic rings. The van der Waals surface area contributed by atoms with Crippen molar-refractivity contribution in [2.45, 2.75) is 5.75 Å². The van der Waals surface area contributed by atoms with Crippen molar-refractivity contribution in [2.75, 3.05) is 24.8 Å². The Bertz CT molecular complexity index is 827. The van der Waals surface area contributed by atoms with Gasteiger partial charge in [0.25, 0.3) is 5.91 Å². The Hall–Kier alpha value is -2.51. The van der Waals surface area contributed by atoms with Crippen LogP contribution in [0.3, 0.4) is 0 Å². The normalized spacial score (nSPS) is 10.1. The standard InChI is InChI=1S/C19H18ClNO5S/c1-25-19(24)14-7-3-5-9-16(14)21-17(22)10-26-18(23)12-27-11-13-6-2-4-8-15(13)20/h2-9H,10-12H2,1H3,(H,21,22). The van der Waals surface area contributed by atoms with E-state index in [1.165, 1.54) is 24.9 Å². The highest BCUT2D eigenvalue weighted by atomic mass is 35.5. The molecule has 0 radical (unpaired) electrons. The average Bonchev–Trinajstić information content (AvgIpc) is 2.67. The Kier molecular flexibility index (Phi) is 8.16. The van der Waals surface area contributed by atoms with Gasteiger partial charge in [0.1, 0.15) is 0 Å². The number of hydrogen-bond donors (Lipinski definition) is 1. The van der Waals surface area contributed by atoms with Gasteiger partial charge in [0, 0.05) is 10.8 Å². The fraction of sp³-hybridized carbons (Fsp3) is 0.211. The zero-order chi connectivity index (χ0) is 19.6. The Morgan fingerprint density at radius 3 is 2.52 bits per heavy atom. The van der Waals surface area contributed by atoms with Crippen molar-refractivity contribution in [2.24, 2.45) is 0 Å². The maximum absolute atomic E-state index is 12.0. The molecule has 0 aliphatic carbocycles. The minimum atomic E-state index is -0.570. The second-order valence-corrected chi connectivity index (χ2v) is 6.72. The van der Waals surface area contributed by atoms with E-state index in [-0.39, 0.29) is 11.3 Å². The number of ether oxygens (including phenoxy) is 2. The van der Waals surface area contributed by atoms with Crippen molar-refractivity contribution in [3.63, 3.8) is 0 Å². The monoisotopic (exact) mass is 407 g/mol. The summed E-state index contributed by atoms with van der Waals surface area (Å²) < 4.78 is 9.61. The summed E-state index contributed by atoms with van der Waals surface area (Å²) in [6.45, 7) is -0.443. The first-order valence-electron chi connectivity index (χ1n) is 7.95. The van der Waals surface area contributed by atoms with E-state index in [1.807, 2.05) is 18.2 Å². The van der Waals surface area contributed by atoms with Gasteiger partial charge in [-0.2, -0.15) is 0 Å². The fourth-order valence-electron chi connectivity index (χ4n) is 2.11. The van der Waals surface area contributed by atoms with Gasteiger partial charge >= 0.3 is 11.9 Å². The minimum Gasteiger partial charge on any atom is -0.465 e. The molecule has 142 valence electrons. The third kappa shape index (κ3) is 6.62. The lowest BCUT2D eigenvalue weighted by Gasteiger charge is -2.10. The van der Waals surface area contributed by atoms with Gasteiger partial charge in [-0.1, -0.05) is 41.9 Å². The zero-order valence-electron chi connectivity index (χ0n) is 14.6. The highest BCUT2D eigenvalue weighted by Crippen LogP contribution is 2.20. The zero-order valence-corrected chi connectivity index (χ0v) is 16.1. The molecular formula is C19H18ClNO5S. The van der Waals surface area contributed by atoms with Gasteiger partial charge in [-0.25, -0.2) is 4.79 Å². The molecule has 2 aromatic carbocycles. The van der Waals surface area contributed by atoms with Crippen molar-refractivity contribution < 1.29 is 23.9 Å². The summed E-state index contributed by atoms with van der Waals surface area (Å²) in [4.78, 5) is 35.4. The molecule has 0 aliphatic heterocycles. The van der Waals surface area contributed by atoms with Gasteiger partial charge in [-0.15, -0.1) is 11.8 Å². The number of thioether (sulfide) groups is 1. The number of rotatable bonds is 8. The van der Waals surface area contributed by atoms with E-state index in [9.17, 15) is 14.4 Å². The molecule has 1 N–H and O–H groups in total. The predicted molar refractivity (Wildman–Crippen MR) is 105 cm³/mol. The molecule has 8 heteroatoms. The smallest absolute Gasteiger partial charge is 0.339 e. The van der Waals surface area contributed by atoms with Crippen LogP contribution in [0.15, 0.2) is 48.5 Å². The van der Waals surface area contributed by atoms with Crippen molar-refractivity contribution in [3.8, 4) is 0 Å². The van der Waals surface area contributed by atoms with Crippen LogP contribution >= 0.6 is 23.4 Å². The quantitative estimate of drug-likeness (QED) is 0.674. The summed E-state index contributed by atoms with van der Waals surface area (Å²) in [6, 6.07) is 13.8. The summed E-state index contributed by atoms with van der Waals surface area (Å²) in [5, 5.41) is 3.17. The number of halogens is 1. The van der Waals surface area contributed by atoms with Crippen LogP contribution < -0.4 is 5.32 Å². The molecule has 0 saturated carbocycles. The largest absolute Gasteiger partial charge is 0.465 e. The summed E-state index contributed by atoms with van der Waals surface area (Å²) in [5.41, 5.74) is 1.43. The van der Waals surface area contributed by atoms with Gasteiger partial charge in [0.05, 0.1) is 24.1 Å². The maximum atomic E-state index is 12.0. The number of nitrogens with one attached hydrogen (secondary N) is 1. The first-order chi connectivity index (χ1) is 13.0. The molecule has 0 aromatic heterocycles. The Balaban J connectivity index is 1.76. The van der Waals surface area contributed by atoms with Crippen LogP contribution in [0.25, 0.3) is 0 Å². The highest BCUT2D eigenvalue weighted by molar-refractivity contribution is 7.99. The molecular weight excluding hydrogens is 390 g/mol. The number of methoxy groups -OCH3 is 1. The topological polar surface area (TPSA) is 81.7 Å². The van der Waals surface area contributed by atoms with Crippen LogP contribution in [0.4, 0.5) is 5.69 Å². The summed E-state index contributed by atoms with van der Waals surface area (Å²) in [5.74, 6) is -0.969. The lowest BCUT2D eigenvalue weighted by Crippen LogP contribution is -2.22. The Labute approximate surface area is 166 Å². The van der Waals surface area contributed by atoms with Crippen LogP contribution in [-0.4, -0.2) is 37.3 Å². The number of benzene rings is 2. The van der Waals surface area contributed by atoms with Crippen molar-refractivity contribution >= 4 is 46.9 Å². The number of hydrogen-bond acceptors (Lipinski definition) is 6. The summed E-state index contributed by atoms with van der Waals surface area (Å²) in [7, 11) is 1.25. The van der Waals surface area contributed by atoms with E-state index in [4.69, 9.17) is 16.3 Å². The van der Waals surface area contributed by atoms with Crippen molar-refractivity contribution in [1.82, 2.24) is 0 Å². The number of carbonyl (C=O) groups excluding carboxylic acids is 3. The highest BCUT2D eigenvalue weighted by Gasteiger charge is 2.14. The first-order valence-corrected chi connectivity index (χ1v) is 9.48. The minimum absolute atomic E-state index is 0.0945. The van der Waals surface area contributed by atoms with E-state index in [2.05, 4.69) is 10.1 Å². The lowest BCUT2D eigenvalue weighted by atomic mass is 10.2. The molecule has 2 aromatic rings. The fourth-order valence-corrected chi connectivity index (χ4v) is 3.22. The number of esters is 2. The molecule has 0 heterocycles. The van der Waals surface area contributed by atoms with Gasteiger partial charge in [-0.05, 0) is 23.8 Å². The van der Waals surface area contributed by atoms with Crippen LogP contribution in [0, 0.1) is 0 Å². The van der Waals surface area contributed by atoms with Crippen LogP contribution in [0.5, 0.6) is 0 Å². The molecule has 0 unspecified atom stereocenters. The molecule has 0 bridgehead atoms. The van der Waals surface area contributed by atoms with Crippen LogP contribution in [0.2, 0.25) is 5.02 Å². The number of para-hydroxylation sites is 1. The predicted octanol–water partition coefficient (Wildman–Crippen LogP) is 3.54. The maximum Gasteiger partial charge on any atom is 0.339 e. The first kappa shape index (κ1) is 20.8. The van der Waals surface area contributed by atoms with Gasteiger partial charge in [-0.3, -0.25) is 9.59 Å². The van der Waals surface area contributed by atoms with Gasteiger partial charge < -0.3 is 14.8 Å². The Morgan fingerprint density at radius 2 is 1.78 bits per heavy atom. The van der Waals surface area contributed by atoms with E-state index in [1.54, 1.807) is 24.3 Å². The van der Waals surface area contributed by atoms with E-state index in [0.717, 1.165) is 5.56 Å². The molecule has 27 heavy (non-hydrogen) atoms. The van der Waals surface area contributed by atoms with E-state index >= 15 is 0 Å². The molecule has 6 nitrogen and oxygen atoms in total. The molecule has 0 spiro atoms. The number of carbonyl (C=O) groups is 3. The van der Waals surface area contributed by atoms with E-state index < -0.39 is 24.5 Å². The molecule has 0 atom stereocenters. The summed E-state index contributed by atoms with van der Waals surface area (Å²) in [6.07, 6.45) is 0. The average molecular weight is 408 g/mol. The van der Waals surface area contributed by atoms with E-state index in [0.29, 0.717) is 16.5 Å². The number of amides is 1. The summed E-state index contributed by atoms with van der Waals surface area (Å²) >= 11 is 7.39. The van der Waals surface area contributed by atoms with Gasteiger partial charge in [0.15, 0.2) is 6.61 Å². The van der Waals surface area contributed by atoms with Gasteiger partial charge in [0.2, 0.25) is 0 Å². The van der Waals surface area contributed by atoms with Crippen molar-refractivity contribution in [1.29, 1.82) is 0 Å². The SMILES string of the molecule is COC(=O)c1ccccc1NC(=O)COC(=O)CSCc1ccccc1Cl. The molecule has 2 rings (SSSR count). The van der Waals surface area contributed by atoms with Crippen LogP contribution in [-0.2, 0) is 24.8 Å². The van der Waals surface area contributed by atoms with Crippen molar-refractivity contribution in [3.05, 3.63) is 64.7 Å². The second kappa shape index (κ2) is 10.6. The molecule has 0 saturated heterocycles. The Morgan fingerprint density at radius 1 is 1.07 bits per heavy atom. The van der Waals surface area contributed by atoms with Crippen LogP contribution in [0.1, 0.15) is 15.9 Å². The molecule has 1 amide bonds. The lowest BCUT2D eigenvalue weighted by molar-refractivity contribution is -0.144.